The number of nitrogens with one attached hydrogen (secondary N) is 1. The van der Waals surface area contributed by atoms with Crippen LogP contribution in [-0.2, 0) is 4.74 Å². The highest BCUT2D eigenvalue weighted by molar-refractivity contribution is 6.09. The molecule has 0 bridgehead atoms. The van der Waals surface area contributed by atoms with Crippen molar-refractivity contribution in [2.75, 3.05) is 18.5 Å². The molecule has 1 fully saturated rings. The lowest BCUT2D eigenvalue weighted by atomic mass is 10.1. The van der Waals surface area contributed by atoms with Crippen LogP contribution in [0.2, 0.25) is 0 Å². The van der Waals surface area contributed by atoms with Crippen molar-refractivity contribution in [1.29, 1.82) is 0 Å². The number of benzene rings is 2. The van der Waals surface area contributed by atoms with Crippen molar-refractivity contribution >= 4 is 11.6 Å². The molecule has 2 aromatic carbocycles. The summed E-state index contributed by atoms with van der Waals surface area (Å²) in [6, 6.07) is 16.9. The predicted molar refractivity (Wildman–Crippen MR) is 106 cm³/mol. The highest BCUT2D eigenvalue weighted by atomic mass is 16.5. The molecule has 1 aliphatic heterocycles. The molecule has 2 heterocycles. The van der Waals surface area contributed by atoms with Gasteiger partial charge in [-0.3, -0.25) is 4.79 Å². The summed E-state index contributed by atoms with van der Waals surface area (Å²) in [7, 11) is 0. The quantitative estimate of drug-likeness (QED) is 0.685. The normalized spacial score (nSPS) is 16.1. The van der Waals surface area contributed by atoms with Crippen LogP contribution >= 0.6 is 0 Å². The molecule has 3 aromatic rings. The smallest absolute Gasteiger partial charge is 0.261 e. The van der Waals surface area contributed by atoms with E-state index in [9.17, 15) is 4.79 Å². The van der Waals surface area contributed by atoms with Gasteiger partial charge in [0.25, 0.3) is 5.91 Å². The fourth-order valence-electron chi connectivity index (χ4n) is 3.27. The van der Waals surface area contributed by atoms with Crippen molar-refractivity contribution in [2.45, 2.75) is 25.9 Å². The van der Waals surface area contributed by atoms with E-state index in [4.69, 9.17) is 14.0 Å². The highest BCUT2D eigenvalue weighted by Gasteiger charge is 2.23. The van der Waals surface area contributed by atoms with Crippen LogP contribution in [0, 0.1) is 6.92 Å². The maximum absolute atomic E-state index is 13.0. The van der Waals surface area contributed by atoms with Gasteiger partial charge in [0.05, 0.1) is 11.8 Å². The molecule has 1 aromatic heterocycles. The van der Waals surface area contributed by atoms with Gasteiger partial charge >= 0.3 is 0 Å². The van der Waals surface area contributed by atoms with E-state index in [1.165, 1.54) is 0 Å². The highest BCUT2D eigenvalue weighted by Crippen LogP contribution is 2.29. The maximum atomic E-state index is 13.0. The monoisotopic (exact) mass is 378 g/mol. The third kappa shape index (κ3) is 3.92. The Kier molecular flexibility index (Phi) is 5.39. The number of ether oxygens (including phenoxy) is 2. The molecule has 1 saturated heterocycles. The molecule has 4 rings (SSSR count). The summed E-state index contributed by atoms with van der Waals surface area (Å²) in [5, 5.41) is 7.01. The second-order valence-electron chi connectivity index (χ2n) is 6.72. The minimum Gasteiger partial charge on any atom is -0.489 e. The van der Waals surface area contributed by atoms with Crippen LogP contribution in [0.25, 0.3) is 11.3 Å². The van der Waals surface area contributed by atoms with Crippen LogP contribution in [0.5, 0.6) is 5.75 Å². The van der Waals surface area contributed by atoms with Crippen LogP contribution in [-0.4, -0.2) is 30.4 Å². The number of carbonyl (C=O) groups is 1. The second kappa shape index (κ2) is 8.27. The Morgan fingerprint density at radius 1 is 1.18 bits per heavy atom. The van der Waals surface area contributed by atoms with Crippen molar-refractivity contribution in [3.63, 3.8) is 0 Å². The first kappa shape index (κ1) is 18.3. The summed E-state index contributed by atoms with van der Waals surface area (Å²) in [5.41, 5.74) is 2.37. The van der Waals surface area contributed by atoms with Gasteiger partial charge < -0.3 is 19.3 Å². The SMILES string of the molecule is Cc1onc(-c2ccccc2)c1C(=O)Nc1ccccc1OCC1CCCO1. The maximum Gasteiger partial charge on any atom is 0.261 e. The summed E-state index contributed by atoms with van der Waals surface area (Å²) in [5.74, 6) is 0.793. The Balaban J connectivity index is 1.54. The van der Waals surface area contributed by atoms with Crippen LogP contribution in [0.1, 0.15) is 29.0 Å². The van der Waals surface area contributed by atoms with Gasteiger partial charge in [-0.1, -0.05) is 47.6 Å². The van der Waals surface area contributed by atoms with E-state index in [1.54, 1.807) is 6.92 Å². The number of para-hydroxylation sites is 2. The molecule has 1 amide bonds. The van der Waals surface area contributed by atoms with E-state index >= 15 is 0 Å². The van der Waals surface area contributed by atoms with Crippen LogP contribution in [0.3, 0.4) is 0 Å². The first-order valence-corrected chi connectivity index (χ1v) is 9.39. The number of hydrogen-bond acceptors (Lipinski definition) is 5. The molecule has 0 radical (unpaired) electrons. The molecule has 0 spiro atoms. The Bertz CT molecular complexity index is 946. The van der Waals surface area contributed by atoms with Crippen LogP contribution < -0.4 is 10.1 Å². The summed E-state index contributed by atoms with van der Waals surface area (Å²) >= 11 is 0. The van der Waals surface area contributed by atoms with E-state index in [0.29, 0.717) is 35.1 Å². The molecule has 1 unspecified atom stereocenters. The van der Waals surface area contributed by atoms with Gasteiger partial charge in [0.15, 0.2) is 0 Å². The van der Waals surface area contributed by atoms with Gasteiger partial charge in [-0.2, -0.15) is 0 Å². The molecule has 6 heteroatoms. The third-order valence-electron chi connectivity index (χ3n) is 4.72. The average molecular weight is 378 g/mol. The molecule has 28 heavy (non-hydrogen) atoms. The van der Waals surface area contributed by atoms with Crippen molar-refractivity contribution in [3.05, 3.63) is 65.9 Å². The zero-order valence-corrected chi connectivity index (χ0v) is 15.7. The Morgan fingerprint density at radius 2 is 1.96 bits per heavy atom. The number of anilines is 1. The molecular formula is C22H22N2O4. The van der Waals surface area contributed by atoms with E-state index in [-0.39, 0.29) is 12.0 Å². The van der Waals surface area contributed by atoms with Crippen molar-refractivity contribution in [1.82, 2.24) is 5.16 Å². The molecule has 1 atom stereocenters. The van der Waals surface area contributed by atoms with Gasteiger partial charge in [-0.15, -0.1) is 0 Å². The molecule has 6 nitrogen and oxygen atoms in total. The first-order valence-electron chi connectivity index (χ1n) is 9.39. The van der Waals surface area contributed by atoms with Crippen molar-refractivity contribution in [2.24, 2.45) is 0 Å². The topological polar surface area (TPSA) is 73.6 Å². The van der Waals surface area contributed by atoms with Gasteiger partial charge in [0, 0.05) is 12.2 Å². The summed E-state index contributed by atoms with van der Waals surface area (Å²) < 4.78 is 16.8. The first-order chi connectivity index (χ1) is 13.7. The lowest BCUT2D eigenvalue weighted by Gasteiger charge is -2.15. The molecule has 0 aliphatic carbocycles. The number of rotatable bonds is 6. The average Bonchev–Trinajstić information content (AvgIpc) is 3.37. The zero-order chi connectivity index (χ0) is 19.3. The fourth-order valence-corrected chi connectivity index (χ4v) is 3.27. The molecule has 1 aliphatic rings. The summed E-state index contributed by atoms with van der Waals surface area (Å²) in [6.07, 6.45) is 2.16. The number of amides is 1. The van der Waals surface area contributed by atoms with E-state index in [1.807, 2.05) is 54.6 Å². The van der Waals surface area contributed by atoms with Crippen LogP contribution in [0.4, 0.5) is 5.69 Å². The third-order valence-corrected chi connectivity index (χ3v) is 4.72. The van der Waals surface area contributed by atoms with E-state index in [0.717, 1.165) is 25.0 Å². The van der Waals surface area contributed by atoms with Gasteiger partial charge in [-0.05, 0) is 31.9 Å². The molecule has 1 N–H and O–H groups in total. The number of aromatic nitrogens is 1. The Labute approximate surface area is 163 Å². The predicted octanol–water partition coefficient (Wildman–Crippen LogP) is 4.46. The summed E-state index contributed by atoms with van der Waals surface area (Å²) in [6.45, 7) is 2.98. The van der Waals surface area contributed by atoms with Crippen molar-refractivity contribution < 1.29 is 18.8 Å². The minimum atomic E-state index is -0.286. The lowest BCUT2D eigenvalue weighted by molar-refractivity contribution is 0.0682. The van der Waals surface area contributed by atoms with Gasteiger partial charge in [0.1, 0.15) is 29.4 Å². The lowest BCUT2D eigenvalue weighted by Crippen LogP contribution is -2.18. The number of nitrogens with zero attached hydrogens (tertiary/aromatic N) is 1. The number of aryl methyl sites for hydroxylation is 1. The largest absolute Gasteiger partial charge is 0.489 e. The van der Waals surface area contributed by atoms with E-state index < -0.39 is 0 Å². The second-order valence-corrected chi connectivity index (χ2v) is 6.72. The standard InChI is InChI=1S/C22H22N2O4/c1-15-20(21(24-28-15)16-8-3-2-4-9-16)22(25)23-18-11-5-6-12-19(18)27-14-17-10-7-13-26-17/h2-6,8-9,11-12,17H,7,10,13-14H2,1H3,(H,23,25). The molecular weight excluding hydrogens is 356 g/mol. The number of hydrogen-bond donors (Lipinski definition) is 1. The van der Waals surface area contributed by atoms with Crippen LogP contribution in [0.15, 0.2) is 59.1 Å². The van der Waals surface area contributed by atoms with Gasteiger partial charge in [0.2, 0.25) is 0 Å². The minimum absolute atomic E-state index is 0.105. The Morgan fingerprint density at radius 3 is 2.75 bits per heavy atom. The Hall–Kier alpha value is -3.12. The van der Waals surface area contributed by atoms with Crippen molar-refractivity contribution in [3.8, 4) is 17.0 Å². The number of carbonyl (C=O) groups excluding carboxylic acids is 1. The molecule has 0 saturated carbocycles. The van der Waals surface area contributed by atoms with E-state index in [2.05, 4.69) is 10.5 Å². The zero-order valence-electron chi connectivity index (χ0n) is 15.7. The summed E-state index contributed by atoms with van der Waals surface area (Å²) in [4.78, 5) is 13.0. The van der Waals surface area contributed by atoms with Gasteiger partial charge in [-0.25, -0.2) is 0 Å². The molecule has 144 valence electrons. The fraction of sp³-hybridized carbons (Fsp3) is 0.273.